The van der Waals surface area contributed by atoms with E-state index in [0.29, 0.717) is 5.88 Å². The van der Waals surface area contributed by atoms with Gasteiger partial charge in [0, 0.05) is 15.9 Å². The number of aryl methyl sites for hydroxylation is 1. The van der Waals surface area contributed by atoms with Gasteiger partial charge in [-0.05, 0) is 42.9 Å². The standard InChI is InChI=1S/C14H20BrClO/c1-9-8-11(15)10(2)12(13(9)17-5)14(3,4)6-7-16/h8H,6-7H2,1-5H3. The number of hydrogen-bond acceptors (Lipinski definition) is 1. The molecule has 0 unspecified atom stereocenters. The van der Waals surface area contributed by atoms with E-state index in [4.69, 9.17) is 16.3 Å². The van der Waals surface area contributed by atoms with Gasteiger partial charge in [0.25, 0.3) is 0 Å². The Bertz CT molecular complexity index is 413. The van der Waals surface area contributed by atoms with Crippen molar-refractivity contribution in [3.63, 3.8) is 0 Å². The molecule has 0 aliphatic rings. The van der Waals surface area contributed by atoms with Gasteiger partial charge >= 0.3 is 0 Å². The Labute approximate surface area is 118 Å². The summed E-state index contributed by atoms with van der Waals surface area (Å²) in [7, 11) is 1.73. The Kier molecular flexibility index (Phi) is 4.91. The van der Waals surface area contributed by atoms with E-state index in [1.165, 1.54) is 11.1 Å². The van der Waals surface area contributed by atoms with E-state index < -0.39 is 0 Å². The lowest BCUT2D eigenvalue weighted by Gasteiger charge is -2.30. The van der Waals surface area contributed by atoms with Crippen molar-refractivity contribution in [1.82, 2.24) is 0 Å². The second-order valence-electron chi connectivity index (χ2n) is 5.03. The maximum Gasteiger partial charge on any atom is 0.125 e. The minimum atomic E-state index is 0.0196. The second-order valence-corrected chi connectivity index (χ2v) is 6.26. The summed E-state index contributed by atoms with van der Waals surface area (Å²) in [5.74, 6) is 1.64. The number of benzene rings is 1. The van der Waals surface area contributed by atoms with Crippen LogP contribution in [-0.4, -0.2) is 13.0 Å². The SMILES string of the molecule is COc1c(C)cc(Br)c(C)c1C(C)(C)CCCl. The highest BCUT2D eigenvalue weighted by Crippen LogP contribution is 2.41. The zero-order valence-corrected chi connectivity index (χ0v) is 13.5. The Balaban J connectivity index is 3.49. The first-order valence-corrected chi connectivity index (χ1v) is 7.08. The minimum Gasteiger partial charge on any atom is -0.496 e. The Morgan fingerprint density at radius 1 is 1.35 bits per heavy atom. The van der Waals surface area contributed by atoms with E-state index in [1.807, 2.05) is 0 Å². The van der Waals surface area contributed by atoms with Crippen LogP contribution >= 0.6 is 27.5 Å². The summed E-state index contributed by atoms with van der Waals surface area (Å²) in [5, 5.41) is 0. The fourth-order valence-corrected chi connectivity index (χ4v) is 3.30. The number of methoxy groups -OCH3 is 1. The van der Waals surface area contributed by atoms with Crippen LogP contribution in [0.4, 0.5) is 0 Å². The number of alkyl halides is 1. The molecule has 0 spiro atoms. The zero-order chi connectivity index (χ0) is 13.2. The van der Waals surface area contributed by atoms with Gasteiger partial charge in [-0.3, -0.25) is 0 Å². The van der Waals surface area contributed by atoms with Gasteiger partial charge in [-0.25, -0.2) is 0 Å². The third kappa shape index (κ3) is 2.97. The lowest BCUT2D eigenvalue weighted by molar-refractivity contribution is 0.385. The molecular weight excluding hydrogens is 300 g/mol. The van der Waals surface area contributed by atoms with Gasteiger partial charge in [0.05, 0.1) is 7.11 Å². The van der Waals surface area contributed by atoms with E-state index >= 15 is 0 Å². The van der Waals surface area contributed by atoms with Crippen molar-refractivity contribution < 1.29 is 4.74 Å². The van der Waals surface area contributed by atoms with Crippen LogP contribution < -0.4 is 4.74 Å². The largest absolute Gasteiger partial charge is 0.496 e. The van der Waals surface area contributed by atoms with Crippen molar-refractivity contribution in [1.29, 1.82) is 0 Å². The van der Waals surface area contributed by atoms with Crippen molar-refractivity contribution in [2.45, 2.75) is 39.5 Å². The quantitative estimate of drug-likeness (QED) is 0.711. The van der Waals surface area contributed by atoms with Gasteiger partial charge in [0.2, 0.25) is 0 Å². The summed E-state index contributed by atoms with van der Waals surface area (Å²) in [5.41, 5.74) is 3.67. The molecule has 0 aromatic heterocycles. The van der Waals surface area contributed by atoms with Crippen LogP contribution in [0.1, 0.15) is 37.0 Å². The summed E-state index contributed by atoms with van der Waals surface area (Å²) >= 11 is 9.53. The van der Waals surface area contributed by atoms with E-state index in [1.54, 1.807) is 7.11 Å². The van der Waals surface area contributed by atoms with Crippen LogP contribution in [0.3, 0.4) is 0 Å². The van der Waals surface area contributed by atoms with Crippen molar-refractivity contribution >= 4 is 27.5 Å². The molecule has 0 radical (unpaired) electrons. The van der Waals surface area contributed by atoms with E-state index in [9.17, 15) is 0 Å². The van der Waals surface area contributed by atoms with Crippen molar-refractivity contribution in [2.24, 2.45) is 0 Å². The first-order valence-electron chi connectivity index (χ1n) is 5.75. The fraction of sp³-hybridized carbons (Fsp3) is 0.571. The average molecular weight is 320 g/mol. The summed E-state index contributed by atoms with van der Waals surface area (Å²) in [6.07, 6.45) is 0.932. The van der Waals surface area contributed by atoms with Crippen LogP contribution in [-0.2, 0) is 5.41 Å². The number of hydrogen-bond donors (Lipinski definition) is 0. The summed E-state index contributed by atoms with van der Waals surface area (Å²) < 4.78 is 6.71. The Morgan fingerprint density at radius 3 is 2.41 bits per heavy atom. The number of rotatable bonds is 4. The molecule has 0 aliphatic heterocycles. The molecule has 0 saturated carbocycles. The number of halogens is 2. The normalized spacial score (nSPS) is 11.7. The van der Waals surface area contributed by atoms with E-state index in [2.05, 4.69) is 49.7 Å². The first-order chi connectivity index (χ1) is 7.85. The lowest BCUT2D eigenvalue weighted by Crippen LogP contribution is -2.21. The van der Waals surface area contributed by atoms with E-state index in [0.717, 1.165) is 22.2 Å². The van der Waals surface area contributed by atoms with Crippen LogP contribution in [0.2, 0.25) is 0 Å². The molecule has 0 aliphatic carbocycles. The molecule has 96 valence electrons. The molecule has 0 heterocycles. The maximum atomic E-state index is 5.91. The molecule has 3 heteroatoms. The molecule has 0 atom stereocenters. The molecule has 0 N–H and O–H groups in total. The van der Waals surface area contributed by atoms with Gasteiger partial charge < -0.3 is 4.74 Å². The van der Waals surface area contributed by atoms with E-state index in [-0.39, 0.29) is 5.41 Å². The summed E-state index contributed by atoms with van der Waals surface area (Å²) in [4.78, 5) is 0. The van der Waals surface area contributed by atoms with Gasteiger partial charge in [0.15, 0.2) is 0 Å². The monoisotopic (exact) mass is 318 g/mol. The van der Waals surface area contributed by atoms with Crippen molar-refractivity contribution in [3.8, 4) is 5.75 Å². The first kappa shape index (κ1) is 14.8. The fourth-order valence-electron chi connectivity index (χ4n) is 2.29. The zero-order valence-electron chi connectivity index (χ0n) is 11.2. The topological polar surface area (TPSA) is 9.23 Å². The maximum absolute atomic E-state index is 5.91. The highest BCUT2D eigenvalue weighted by molar-refractivity contribution is 9.10. The summed E-state index contributed by atoms with van der Waals surface area (Å²) in [6, 6.07) is 2.11. The van der Waals surface area contributed by atoms with Crippen LogP contribution in [0.15, 0.2) is 10.5 Å². The average Bonchev–Trinajstić information content (AvgIpc) is 2.22. The Morgan fingerprint density at radius 2 is 1.94 bits per heavy atom. The van der Waals surface area contributed by atoms with Crippen LogP contribution in [0.5, 0.6) is 5.75 Å². The van der Waals surface area contributed by atoms with Gasteiger partial charge in [-0.1, -0.05) is 29.8 Å². The molecule has 0 bridgehead atoms. The smallest absolute Gasteiger partial charge is 0.125 e. The van der Waals surface area contributed by atoms with Gasteiger partial charge in [0.1, 0.15) is 5.75 Å². The molecule has 0 fully saturated rings. The predicted octanol–water partition coefficient (Wildman–Crippen LogP) is 4.98. The third-order valence-corrected chi connectivity index (χ3v) is 4.27. The molecular formula is C14H20BrClO. The highest BCUT2D eigenvalue weighted by Gasteiger charge is 2.28. The van der Waals surface area contributed by atoms with Crippen molar-refractivity contribution in [3.05, 3.63) is 27.2 Å². The van der Waals surface area contributed by atoms with Gasteiger partial charge in [-0.2, -0.15) is 0 Å². The molecule has 0 amide bonds. The lowest BCUT2D eigenvalue weighted by atomic mass is 9.78. The highest BCUT2D eigenvalue weighted by atomic mass is 79.9. The van der Waals surface area contributed by atoms with Crippen LogP contribution in [0.25, 0.3) is 0 Å². The molecule has 1 aromatic carbocycles. The Hall–Kier alpha value is -0.210. The van der Waals surface area contributed by atoms with Crippen molar-refractivity contribution in [2.75, 3.05) is 13.0 Å². The molecule has 1 rings (SSSR count). The summed E-state index contributed by atoms with van der Waals surface area (Å²) in [6.45, 7) is 8.62. The second kappa shape index (κ2) is 5.62. The minimum absolute atomic E-state index is 0.0196. The van der Waals surface area contributed by atoms with Crippen LogP contribution in [0, 0.1) is 13.8 Å². The number of ether oxygens (including phenoxy) is 1. The molecule has 0 saturated heterocycles. The predicted molar refractivity (Wildman–Crippen MR) is 78.5 cm³/mol. The third-order valence-electron chi connectivity index (χ3n) is 3.26. The molecule has 17 heavy (non-hydrogen) atoms. The van der Waals surface area contributed by atoms with Gasteiger partial charge in [-0.15, -0.1) is 11.6 Å². The molecule has 1 nitrogen and oxygen atoms in total. The molecule has 1 aromatic rings.